The normalized spacial score (nSPS) is 17.5. The van der Waals surface area contributed by atoms with Gasteiger partial charge < -0.3 is 9.73 Å². The predicted molar refractivity (Wildman–Crippen MR) is 81.5 cm³/mol. The zero-order valence-electron chi connectivity index (χ0n) is 12.5. The molecule has 128 valence electrons. The number of carbonyl (C=O) groups excluding carboxylic acids is 1. The lowest BCUT2D eigenvalue weighted by molar-refractivity contribution is 0.0932. The molecule has 1 aliphatic rings. The van der Waals surface area contributed by atoms with Crippen LogP contribution in [-0.2, 0) is 16.3 Å². The van der Waals surface area contributed by atoms with Gasteiger partial charge in [-0.25, -0.2) is 8.42 Å². The first kappa shape index (κ1) is 16.6. The molecule has 0 radical (unpaired) electrons. The zero-order chi connectivity index (χ0) is 17.3. The minimum absolute atomic E-state index is 0.176. The van der Waals surface area contributed by atoms with Crippen molar-refractivity contribution in [1.29, 1.82) is 0 Å². The molecular weight excluding hydrogens is 340 g/mol. The van der Waals surface area contributed by atoms with Crippen molar-refractivity contribution in [2.75, 3.05) is 0 Å². The van der Waals surface area contributed by atoms with Gasteiger partial charge in [-0.05, 0) is 43.2 Å². The monoisotopic (exact) mass is 355 g/mol. The summed E-state index contributed by atoms with van der Waals surface area (Å²) in [4.78, 5) is 11.8. The van der Waals surface area contributed by atoms with E-state index < -0.39 is 26.4 Å². The molecule has 1 N–H and O–H groups in total. The molecule has 1 amide bonds. The Morgan fingerprint density at radius 2 is 1.92 bits per heavy atom. The molecule has 0 bridgehead atoms. The number of benzene rings is 1. The highest BCUT2D eigenvalue weighted by atomic mass is 32.2. The summed E-state index contributed by atoms with van der Waals surface area (Å²) in [7, 11) is -4.66. The molecule has 0 saturated heterocycles. The Balaban J connectivity index is 1.75. The fraction of sp³-hybridized carbons (Fsp3) is 0.312. The summed E-state index contributed by atoms with van der Waals surface area (Å²) in [5.74, 6) is -3.03. The molecule has 8 heteroatoms. The van der Waals surface area contributed by atoms with Crippen LogP contribution in [0.3, 0.4) is 0 Å². The van der Waals surface area contributed by atoms with Gasteiger partial charge in [-0.2, -0.15) is 8.78 Å². The highest BCUT2D eigenvalue weighted by molar-refractivity contribution is 7.91. The van der Waals surface area contributed by atoms with Gasteiger partial charge in [-0.15, -0.1) is 0 Å². The number of furan rings is 1. The molecule has 1 unspecified atom stereocenters. The quantitative estimate of drug-likeness (QED) is 0.914. The Morgan fingerprint density at radius 1 is 1.21 bits per heavy atom. The van der Waals surface area contributed by atoms with Crippen molar-refractivity contribution in [3.8, 4) is 0 Å². The van der Waals surface area contributed by atoms with E-state index >= 15 is 0 Å². The molecule has 2 aromatic rings. The van der Waals surface area contributed by atoms with Crippen LogP contribution in [0.1, 0.15) is 40.6 Å². The molecule has 1 aromatic heterocycles. The number of fused-ring (bicyclic) bond motifs is 1. The summed E-state index contributed by atoms with van der Waals surface area (Å²) in [5, 5.41) is 2.86. The summed E-state index contributed by atoms with van der Waals surface area (Å²) in [6.45, 7) is 0. The summed E-state index contributed by atoms with van der Waals surface area (Å²) < 4.78 is 53.1. The van der Waals surface area contributed by atoms with Crippen LogP contribution in [-0.4, -0.2) is 20.1 Å². The molecule has 3 rings (SSSR count). The van der Waals surface area contributed by atoms with Gasteiger partial charge in [0.05, 0.1) is 17.2 Å². The van der Waals surface area contributed by atoms with Crippen LogP contribution in [0.2, 0.25) is 0 Å². The van der Waals surface area contributed by atoms with Crippen molar-refractivity contribution in [3.05, 3.63) is 53.5 Å². The molecule has 24 heavy (non-hydrogen) atoms. The second kappa shape index (κ2) is 6.35. The van der Waals surface area contributed by atoms with Gasteiger partial charge in [0.25, 0.3) is 5.91 Å². The molecule has 0 fully saturated rings. The number of aryl methyl sites for hydroxylation is 1. The number of hydrogen-bond donors (Lipinski definition) is 1. The van der Waals surface area contributed by atoms with E-state index in [2.05, 4.69) is 5.32 Å². The maximum atomic E-state index is 12.5. The van der Waals surface area contributed by atoms with Crippen molar-refractivity contribution in [3.63, 3.8) is 0 Å². The highest BCUT2D eigenvalue weighted by Gasteiger charge is 2.27. The zero-order valence-corrected chi connectivity index (χ0v) is 13.4. The molecule has 1 aliphatic carbocycles. The first-order valence-electron chi connectivity index (χ1n) is 7.39. The van der Waals surface area contributed by atoms with E-state index in [4.69, 9.17) is 4.42 Å². The van der Waals surface area contributed by atoms with Crippen molar-refractivity contribution >= 4 is 15.7 Å². The Hall–Kier alpha value is -2.22. The van der Waals surface area contributed by atoms with Crippen LogP contribution in [0.15, 0.2) is 45.9 Å². The summed E-state index contributed by atoms with van der Waals surface area (Å²) in [5.41, 5.74) is 1.14. The van der Waals surface area contributed by atoms with Crippen molar-refractivity contribution in [1.82, 2.24) is 5.32 Å². The first-order chi connectivity index (χ1) is 11.4. The third-order valence-electron chi connectivity index (χ3n) is 4.04. The van der Waals surface area contributed by atoms with Gasteiger partial charge in [0, 0.05) is 17.5 Å². The topological polar surface area (TPSA) is 76.4 Å². The van der Waals surface area contributed by atoms with Crippen LogP contribution < -0.4 is 5.32 Å². The lowest BCUT2D eigenvalue weighted by Crippen LogP contribution is -2.30. The number of rotatable bonds is 4. The number of sulfone groups is 1. The van der Waals surface area contributed by atoms with E-state index in [1.165, 1.54) is 12.1 Å². The molecular formula is C16H15F2NO4S. The van der Waals surface area contributed by atoms with E-state index in [1.54, 1.807) is 6.26 Å². The number of nitrogens with one attached hydrogen (secondary N) is 1. The number of hydrogen-bond acceptors (Lipinski definition) is 4. The average molecular weight is 355 g/mol. The van der Waals surface area contributed by atoms with Gasteiger partial charge in [-0.1, -0.05) is 0 Å². The molecule has 0 spiro atoms. The minimum Gasteiger partial charge on any atom is -0.469 e. The molecule has 0 saturated carbocycles. The Kier molecular flexibility index (Phi) is 4.40. The van der Waals surface area contributed by atoms with Gasteiger partial charge in [0.1, 0.15) is 5.76 Å². The van der Waals surface area contributed by atoms with Crippen LogP contribution in [0.4, 0.5) is 8.78 Å². The van der Waals surface area contributed by atoms with E-state index in [-0.39, 0.29) is 11.6 Å². The van der Waals surface area contributed by atoms with E-state index in [1.807, 2.05) is 6.07 Å². The molecule has 0 aliphatic heterocycles. The van der Waals surface area contributed by atoms with Gasteiger partial charge in [-0.3, -0.25) is 4.79 Å². The van der Waals surface area contributed by atoms with E-state index in [0.717, 1.165) is 42.7 Å². The predicted octanol–water partition coefficient (Wildman–Crippen LogP) is 3.08. The SMILES string of the molecule is O=C(NC1CCCc2occc21)c1ccc(S(=O)(=O)C(F)F)cc1. The first-order valence-corrected chi connectivity index (χ1v) is 8.93. The van der Waals surface area contributed by atoms with E-state index in [0.29, 0.717) is 0 Å². The number of carbonyl (C=O) groups is 1. The van der Waals surface area contributed by atoms with Crippen LogP contribution in [0.25, 0.3) is 0 Å². The summed E-state index contributed by atoms with van der Waals surface area (Å²) >= 11 is 0. The molecule has 1 aromatic carbocycles. The summed E-state index contributed by atoms with van der Waals surface area (Å²) in [6.07, 6.45) is 4.07. The third-order valence-corrected chi connectivity index (χ3v) is 5.44. The van der Waals surface area contributed by atoms with Crippen molar-refractivity contribution in [2.24, 2.45) is 0 Å². The third kappa shape index (κ3) is 3.06. The van der Waals surface area contributed by atoms with Gasteiger partial charge in [0.2, 0.25) is 9.84 Å². The lowest BCUT2D eigenvalue weighted by atomic mass is 9.93. The number of halogens is 2. The molecule has 1 atom stereocenters. The Morgan fingerprint density at radius 3 is 2.58 bits per heavy atom. The standard InChI is InChI=1S/C16H15F2NO4S/c17-16(18)24(21,22)11-6-4-10(5-7-11)15(20)19-13-2-1-3-14-12(13)8-9-23-14/h4-9,13,16H,1-3H2,(H,19,20). The largest absolute Gasteiger partial charge is 0.469 e. The van der Waals surface area contributed by atoms with Crippen molar-refractivity contribution in [2.45, 2.75) is 36.0 Å². The van der Waals surface area contributed by atoms with E-state index in [9.17, 15) is 22.0 Å². The van der Waals surface area contributed by atoms with Gasteiger partial charge >= 0.3 is 5.76 Å². The fourth-order valence-corrected chi connectivity index (χ4v) is 3.50. The smallest absolute Gasteiger partial charge is 0.341 e. The number of amides is 1. The Labute approximate surface area is 137 Å². The molecule has 1 heterocycles. The van der Waals surface area contributed by atoms with Crippen molar-refractivity contribution < 1.29 is 26.4 Å². The van der Waals surface area contributed by atoms with Gasteiger partial charge in [0.15, 0.2) is 0 Å². The minimum atomic E-state index is -4.66. The molecule has 5 nitrogen and oxygen atoms in total. The lowest BCUT2D eigenvalue weighted by Gasteiger charge is -2.22. The second-order valence-electron chi connectivity index (χ2n) is 5.55. The summed E-state index contributed by atoms with van der Waals surface area (Å²) in [6, 6.07) is 6.12. The Bertz CT molecular complexity index is 843. The van der Waals surface area contributed by atoms with Crippen LogP contribution in [0, 0.1) is 0 Å². The highest BCUT2D eigenvalue weighted by Crippen LogP contribution is 2.30. The fourth-order valence-electron chi connectivity index (χ4n) is 2.78. The second-order valence-corrected chi connectivity index (χ2v) is 7.47. The van der Waals surface area contributed by atoms with Crippen LogP contribution in [0.5, 0.6) is 0 Å². The maximum Gasteiger partial charge on any atom is 0.341 e. The number of alkyl halides is 2. The average Bonchev–Trinajstić information content (AvgIpc) is 3.04. The maximum absolute atomic E-state index is 12.5. The van der Waals surface area contributed by atoms with Crippen LogP contribution >= 0.6 is 0 Å².